The van der Waals surface area contributed by atoms with Crippen molar-refractivity contribution in [2.75, 3.05) is 5.32 Å². The van der Waals surface area contributed by atoms with E-state index >= 15 is 0 Å². The number of amides is 1. The molecule has 2 N–H and O–H groups in total. The summed E-state index contributed by atoms with van der Waals surface area (Å²) in [5.41, 5.74) is 0.0171. The molecule has 86 valence electrons. The molecule has 0 aliphatic carbocycles. The molecule has 1 aromatic carbocycles. The van der Waals surface area contributed by atoms with Crippen LogP contribution in [0.2, 0.25) is 0 Å². The van der Waals surface area contributed by atoms with Crippen LogP contribution in [-0.4, -0.2) is 17.2 Å². The SMILES string of the molecule is O=C1CC(C(F)(F)F)c2cc(O)ccc2N1. The van der Waals surface area contributed by atoms with Crippen molar-refractivity contribution in [2.24, 2.45) is 0 Å². The normalized spacial score (nSPS) is 20.2. The average molecular weight is 231 g/mol. The lowest BCUT2D eigenvalue weighted by molar-refractivity contribution is -0.156. The third-order valence-corrected chi connectivity index (χ3v) is 2.47. The zero-order chi connectivity index (χ0) is 11.9. The van der Waals surface area contributed by atoms with Crippen molar-refractivity contribution < 1.29 is 23.1 Å². The quantitative estimate of drug-likeness (QED) is 0.673. The van der Waals surface area contributed by atoms with Gasteiger partial charge in [-0.3, -0.25) is 4.79 Å². The summed E-state index contributed by atoms with van der Waals surface area (Å²) in [4.78, 5) is 11.1. The van der Waals surface area contributed by atoms with Crippen LogP contribution in [0.4, 0.5) is 18.9 Å². The third-order valence-electron chi connectivity index (χ3n) is 2.47. The summed E-state index contributed by atoms with van der Waals surface area (Å²) in [6, 6.07) is 3.53. The number of fused-ring (bicyclic) bond motifs is 1. The highest BCUT2D eigenvalue weighted by Crippen LogP contribution is 2.44. The Hall–Kier alpha value is -1.72. The van der Waals surface area contributed by atoms with E-state index in [0.717, 1.165) is 6.07 Å². The van der Waals surface area contributed by atoms with Gasteiger partial charge in [-0.2, -0.15) is 13.2 Å². The minimum absolute atomic E-state index is 0.0906. The average Bonchev–Trinajstić information content (AvgIpc) is 2.16. The van der Waals surface area contributed by atoms with E-state index < -0.39 is 24.4 Å². The summed E-state index contributed by atoms with van der Waals surface area (Å²) in [6.45, 7) is 0. The summed E-state index contributed by atoms with van der Waals surface area (Å²) in [7, 11) is 0. The van der Waals surface area contributed by atoms with E-state index in [1.54, 1.807) is 0 Å². The van der Waals surface area contributed by atoms with Crippen LogP contribution >= 0.6 is 0 Å². The molecular weight excluding hydrogens is 223 g/mol. The molecule has 1 heterocycles. The number of hydrogen-bond acceptors (Lipinski definition) is 2. The number of phenolic OH excluding ortho intramolecular Hbond substituents is 1. The predicted molar refractivity (Wildman–Crippen MR) is 50.1 cm³/mol. The molecule has 2 rings (SSSR count). The number of nitrogens with one attached hydrogen (secondary N) is 1. The number of carbonyl (C=O) groups excluding carboxylic acids is 1. The van der Waals surface area contributed by atoms with Crippen molar-refractivity contribution in [3.05, 3.63) is 23.8 Å². The standard InChI is InChI=1S/C10H8F3NO2/c11-10(12,13)7-4-9(16)14-8-2-1-5(15)3-6(7)8/h1-3,7,15H,4H2,(H,14,16). The maximum absolute atomic E-state index is 12.7. The highest BCUT2D eigenvalue weighted by atomic mass is 19.4. The van der Waals surface area contributed by atoms with E-state index in [1.165, 1.54) is 12.1 Å². The Morgan fingerprint density at radius 1 is 1.38 bits per heavy atom. The number of halogens is 3. The lowest BCUT2D eigenvalue weighted by Gasteiger charge is -2.27. The smallest absolute Gasteiger partial charge is 0.396 e. The summed E-state index contributed by atoms with van der Waals surface area (Å²) in [6.07, 6.45) is -5.12. The van der Waals surface area contributed by atoms with Crippen LogP contribution in [0.1, 0.15) is 17.9 Å². The van der Waals surface area contributed by atoms with Crippen molar-refractivity contribution >= 4 is 11.6 Å². The maximum Gasteiger partial charge on any atom is 0.396 e. The number of rotatable bonds is 0. The van der Waals surface area contributed by atoms with Crippen LogP contribution in [0, 0.1) is 0 Å². The van der Waals surface area contributed by atoms with Gasteiger partial charge in [0.25, 0.3) is 0 Å². The largest absolute Gasteiger partial charge is 0.508 e. The Kier molecular flexibility index (Phi) is 2.29. The van der Waals surface area contributed by atoms with Crippen molar-refractivity contribution in [1.29, 1.82) is 0 Å². The van der Waals surface area contributed by atoms with Gasteiger partial charge in [0.2, 0.25) is 5.91 Å². The van der Waals surface area contributed by atoms with E-state index in [-0.39, 0.29) is 17.0 Å². The van der Waals surface area contributed by atoms with Gasteiger partial charge in [0.05, 0.1) is 5.92 Å². The Bertz CT molecular complexity index is 442. The van der Waals surface area contributed by atoms with E-state index in [1.807, 2.05) is 0 Å². The van der Waals surface area contributed by atoms with Crippen molar-refractivity contribution in [3.8, 4) is 5.75 Å². The van der Waals surface area contributed by atoms with Gasteiger partial charge in [-0.05, 0) is 23.8 Å². The molecule has 0 saturated carbocycles. The zero-order valence-corrected chi connectivity index (χ0v) is 8.01. The molecule has 1 atom stereocenters. The van der Waals surface area contributed by atoms with Gasteiger partial charge < -0.3 is 10.4 Å². The Morgan fingerprint density at radius 2 is 2.06 bits per heavy atom. The zero-order valence-electron chi connectivity index (χ0n) is 8.01. The van der Waals surface area contributed by atoms with Crippen molar-refractivity contribution in [2.45, 2.75) is 18.5 Å². The molecule has 0 fully saturated rings. The monoisotopic (exact) mass is 231 g/mol. The van der Waals surface area contributed by atoms with Crippen LogP contribution in [0.25, 0.3) is 0 Å². The highest BCUT2D eigenvalue weighted by Gasteiger charge is 2.45. The molecule has 6 heteroatoms. The molecule has 3 nitrogen and oxygen atoms in total. The number of alkyl halides is 3. The minimum atomic E-state index is -4.49. The molecule has 0 radical (unpaired) electrons. The molecule has 1 aliphatic heterocycles. The van der Waals surface area contributed by atoms with Crippen LogP contribution in [0.5, 0.6) is 5.75 Å². The van der Waals surface area contributed by atoms with Gasteiger partial charge in [0.15, 0.2) is 0 Å². The van der Waals surface area contributed by atoms with E-state index in [2.05, 4.69) is 5.32 Å². The summed E-state index contributed by atoms with van der Waals surface area (Å²) >= 11 is 0. The second-order valence-corrected chi connectivity index (χ2v) is 3.62. The molecule has 1 amide bonds. The molecule has 16 heavy (non-hydrogen) atoms. The van der Waals surface area contributed by atoms with Gasteiger partial charge in [0, 0.05) is 12.1 Å². The molecule has 1 unspecified atom stereocenters. The lowest BCUT2D eigenvalue weighted by atomic mass is 9.90. The van der Waals surface area contributed by atoms with Gasteiger partial charge in [0.1, 0.15) is 5.75 Å². The summed E-state index contributed by atoms with van der Waals surface area (Å²) in [5.74, 6) is -2.76. The molecule has 0 spiro atoms. The predicted octanol–water partition coefficient (Wildman–Crippen LogP) is 2.38. The van der Waals surface area contributed by atoms with E-state index in [4.69, 9.17) is 5.11 Å². The third kappa shape index (κ3) is 1.82. The number of carbonyl (C=O) groups is 1. The first-order chi connectivity index (χ1) is 7.38. The molecule has 1 aromatic rings. The number of anilines is 1. The van der Waals surface area contributed by atoms with E-state index in [0.29, 0.717) is 0 Å². The van der Waals surface area contributed by atoms with Crippen LogP contribution in [0.3, 0.4) is 0 Å². The molecule has 0 bridgehead atoms. The van der Waals surface area contributed by atoms with Crippen LogP contribution in [0.15, 0.2) is 18.2 Å². The first-order valence-corrected chi connectivity index (χ1v) is 4.57. The molecular formula is C10H8F3NO2. The molecule has 0 saturated heterocycles. The van der Waals surface area contributed by atoms with Crippen molar-refractivity contribution in [1.82, 2.24) is 0 Å². The van der Waals surface area contributed by atoms with Gasteiger partial charge in [-0.1, -0.05) is 0 Å². The number of phenols is 1. The number of aromatic hydroxyl groups is 1. The number of benzene rings is 1. The molecule has 1 aliphatic rings. The fraction of sp³-hybridized carbons (Fsp3) is 0.300. The first kappa shape index (κ1) is 10.8. The maximum atomic E-state index is 12.7. The van der Waals surface area contributed by atoms with Gasteiger partial charge in [-0.25, -0.2) is 0 Å². The fourth-order valence-electron chi connectivity index (χ4n) is 1.74. The fourth-order valence-corrected chi connectivity index (χ4v) is 1.74. The van der Waals surface area contributed by atoms with Crippen LogP contribution in [-0.2, 0) is 4.79 Å². The number of hydrogen-bond donors (Lipinski definition) is 2. The van der Waals surface area contributed by atoms with Gasteiger partial charge >= 0.3 is 6.18 Å². The topological polar surface area (TPSA) is 49.3 Å². The Balaban J connectivity index is 2.52. The highest BCUT2D eigenvalue weighted by molar-refractivity contribution is 5.95. The molecule has 0 aromatic heterocycles. The summed E-state index contributed by atoms with van der Waals surface area (Å²) in [5, 5.41) is 11.5. The Labute approximate surface area is 88.9 Å². The van der Waals surface area contributed by atoms with E-state index in [9.17, 15) is 18.0 Å². The van der Waals surface area contributed by atoms with Gasteiger partial charge in [-0.15, -0.1) is 0 Å². The Morgan fingerprint density at radius 3 is 2.69 bits per heavy atom. The second kappa shape index (κ2) is 3.40. The van der Waals surface area contributed by atoms with Crippen molar-refractivity contribution in [3.63, 3.8) is 0 Å². The van der Waals surface area contributed by atoms with Crippen LogP contribution < -0.4 is 5.32 Å². The second-order valence-electron chi connectivity index (χ2n) is 3.62. The lowest BCUT2D eigenvalue weighted by Crippen LogP contribution is -2.31. The first-order valence-electron chi connectivity index (χ1n) is 4.57. The minimum Gasteiger partial charge on any atom is -0.508 e. The summed E-state index contributed by atoms with van der Waals surface area (Å²) < 4.78 is 38.0.